The van der Waals surface area contributed by atoms with Crippen molar-refractivity contribution in [3.63, 3.8) is 0 Å². The molecule has 2 aliphatic heterocycles. The SMILES string of the molecule is COc1cccc(OC)c1NC(=O)C1OC(Oc2cc3c(cc2C)CC[Si]3(C)C)=CC1=O. The van der Waals surface area contributed by atoms with Gasteiger partial charge in [-0.25, -0.2) is 0 Å². The quantitative estimate of drug-likeness (QED) is 0.534. The van der Waals surface area contributed by atoms with Crippen molar-refractivity contribution in [1.29, 1.82) is 0 Å². The van der Waals surface area contributed by atoms with E-state index in [2.05, 4.69) is 30.5 Å². The number of para-hydroxylation sites is 1. The van der Waals surface area contributed by atoms with Crippen LogP contribution < -0.4 is 24.7 Å². The zero-order chi connectivity index (χ0) is 23.0. The summed E-state index contributed by atoms with van der Waals surface area (Å²) < 4.78 is 22.1. The van der Waals surface area contributed by atoms with Gasteiger partial charge in [0.15, 0.2) is 0 Å². The maximum absolute atomic E-state index is 12.8. The number of ketones is 1. The van der Waals surface area contributed by atoms with Crippen LogP contribution in [0.2, 0.25) is 19.1 Å². The van der Waals surface area contributed by atoms with Crippen LogP contribution in [-0.4, -0.2) is 40.1 Å². The number of ether oxygens (including phenoxy) is 4. The Balaban J connectivity index is 1.50. The first-order valence-corrected chi connectivity index (χ1v) is 13.7. The van der Waals surface area contributed by atoms with Crippen molar-refractivity contribution in [2.24, 2.45) is 0 Å². The summed E-state index contributed by atoms with van der Waals surface area (Å²) in [5.41, 5.74) is 2.68. The molecule has 0 radical (unpaired) electrons. The van der Waals surface area contributed by atoms with Crippen LogP contribution in [0, 0.1) is 6.92 Å². The first-order valence-electron chi connectivity index (χ1n) is 10.5. The molecule has 168 valence electrons. The zero-order valence-corrected chi connectivity index (χ0v) is 19.9. The van der Waals surface area contributed by atoms with Gasteiger partial charge < -0.3 is 24.3 Å². The van der Waals surface area contributed by atoms with E-state index >= 15 is 0 Å². The monoisotopic (exact) mass is 453 g/mol. The Bertz CT molecular complexity index is 1100. The van der Waals surface area contributed by atoms with Crippen LogP contribution in [0.1, 0.15) is 11.1 Å². The van der Waals surface area contributed by atoms with E-state index < -0.39 is 25.9 Å². The number of hydrogen-bond acceptors (Lipinski definition) is 6. The van der Waals surface area contributed by atoms with Crippen molar-refractivity contribution in [3.8, 4) is 17.2 Å². The van der Waals surface area contributed by atoms with Gasteiger partial charge in [0.2, 0.25) is 11.9 Å². The lowest BCUT2D eigenvalue weighted by molar-refractivity contribution is -0.134. The van der Waals surface area contributed by atoms with E-state index in [0.717, 1.165) is 12.0 Å². The number of rotatable bonds is 6. The summed E-state index contributed by atoms with van der Waals surface area (Å²) in [6.45, 7) is 6.66. The summed E-state index contributed by atoms with van der Waals surface area (Å²) in [6.07, 6.45) is 0.973. The smallest absolute Gasteiger partial charge is 0.289 e. The summed E-state index contributed by atoms with van der Waals surface area (Å²) in [4.78, 5) is 25.3. The molecule has 32 heavy (non-hydrogen) atoms. The number of anilines is 1. The highest BCUT2D eigenvalue weighted by Gasteiger charge is 2.37. The lowest BCUT2D eigenvalue weighted by atomic mass is 10.1. The van der Waals surface area contributed by atoms with Crippen LogP contribution in [0.3, 0.4) is 0 Å². The first-order chi connectivity index (χ1) is 15.2. The third-order valence-electron chi connectivity index (χ3n) is 6.03. The number of methoxy groups -OCH3 is 2. The van der Waals surface area contributed by atoms with Gasteiger partial charge >= 0.3 is 0 Å². The fourth-order valence-electron chi connectivity index (χ4n) is 4.18. The molecule has 4 rings (SSSR count). The Hall–Kier alpha value is -3.26. The van der Waals surface area contributed by atoms with Crippen molar-refractivity contribution < 1.29 is 28.5 Å². The minimum absolute atomic E-state index is 0.0164. The molecule has 2 aromatic rings. The van der Waals surface area contributed by atoms with Gasteiger partial charge in [0, 0.05) is 0 Å². The molecule has 1 amide bonds. The van der Waals surface area contributed by atoms with Crippen LogP contribution in [-0.2, 0) is 20.7 Å². The predicted molar refractivity (Wildman–Crippen MR) is 124 cm³/mol. The molecule has 7 nitrogen and oxygen atoms in total. The summed E-state index contributed by atoms with van der Waals surface area (Å²) in [5.74, 6) is 0.369. The van der Waals surface area contributed by atoms with Gasteiger partial charge in [0.25, 0.3) is 11.9 Å². The van der Waals surface area contributed by atoms with Gasteiger partial charge in [-0.1, -0.05) is 30.4 Å². The van der Waals surface area contributed by atoms with E-state index in [4.69, 9.17) is 18.9 Å². The first kappa shape index (κ1) is 21.9. The molecule has 1 unspecified atom stereocenters. The Labute approximate surface area is 188 Å². The molecular formula is C24H27NO6Si. The normalized spacial score (nSPS) is 18.5. The van der Waals surface area contributed by atoms with Crippen LogP contribution in [0.5, 0.6) is 17.2 Å². The minimum atomic E-state index is -1.47. The summed E-state index contributed by atoms with van der Waals surface area (Å²) >= 11 is 0. The topological polar surface area (TPSA) is 83.1 Å². The van der Waals surface area contributed by atoms with Gasteiger partial charge in [0.1, 0.15) is 22.9 Å². The zero-order valence-electron chi connectivity index (χ0n) is 18.9. The second-order valence-corrected chi connectivity index (χ2v) is 13.5. The highest BCUT2D eigenvalue weighted by Crippen LogP contribution is 2.35. The van der Waals surface area contributed by atoms with Gasteiger partial charge in [0.05, 0.1) is 28.4 Å². The molecule has 0 bridgehead atoms. The number of fused-ring (bicyclic) bond motifs is 1. The van der Waals surface area contributed by atoms with E-state index in [1.54, 1.807) is 18.2 Å². The molecule has 0 spiro atoms. The van der Waals surface area contributed by atoms with Gasteiger partial charge in [-0.3, -0.25) is 9.59 Å². The number of aryl methyl sites for hydroxylation is 2. The summed E-state index contributed by atoms with van der Waals surface area (Å²) in [5, 5.41) is 4.05. The minimum Gasteiger partial charge on any atom is -0.494 e. The maximum Gasteiger partial charge on any atom is 0.289 e. The second-order valence-electron chi connectivity index (χ2n) is 8.65. The standard InChI is InChI=1S/C24H27NO6Si/c1-14-11-15-9-10-32(4,5)20(15)13-19(14)30-21-12-16(26)23(31-21)24(27)25-22-17(28-2)7-6-8-18(22)29-3/h6-8,11-13,23H,9-10H2,1-5H3,(H,25,27). The summed E-state index contributed by atoms with van der Waals surface area (Å²) in [6, 6.07) is 10.6. The molecule has 2 aliphatic rings. The molecule has 2 aromatic carbocycles. The number of hydrogen-bond donors (Lipinski definition) is 1. The van der Waals surface area contributed by atoms with E-state index in [1.807, 2.05) is 6.92 Å². The molecular weight excluding hydrogens is 426 g/mol. The highest BCUT2D eigenvalue weighted by molar-refractivity contribution is 6.91. The molecule has 0 aliphatic carbocycles. The molecule has 1 N–H and O–H groups in total. The predicted octanol–water partition coefficient (Wildman–Crippen LogP) is 3.31. The van der Waals surface area contributed by atoms with Gasteiger partial charge in [-0.2, -0.15) is 0 Å². The molecule has 0 saturated heterocycles. The Morgan fingerprint density at radius 2 is 1.81 bits per heavy atom. The fourth-order valence-corrected chi connectivity index (χ4v) is 6.94. The third kappa shape index (κ3) is 3.98. The third-order valence-corrected chi connectivity index (χ3v) is 9.45. The maximum atomic E-state index is 12.8. The van der Waals surface area contributed by atoms with Crippen LogP contribution in [0.25, 0.3) is 0 Å². The van der Waals surface area contributed by atoms with Crippen LogP contribution >= 0.6 is 0 Å². The van der Waals surface area contributed by atoms with Crippen molar-refractivity contribution in [2.45, 2.75) is 38.6 Å². The van der Waals surface area contributed by atoms with Crippen LogP contribution in [0.4, 0.5) is 5.69 Å². The number of benzene rings is 2. The largest absolute Gasteiger partial charge is 0.494 e. The van der Waals surface area contributed by atoms with E-state index in [0.29, 0.717) is 22.9 Å². The number of nitrogens with one attached hydrogen (secondary N) is 1. The summed E-state index contributed by atoms with van der Waals surface area (Å²) in [7, 11) is 1.50. The molecule has 0 aromatic heterocycles. The second kappa shape index (κ2) is 8.35. The van der Waals surface area contributed by atoms with Crippen molar-refractivity contribution >= 4 is 30.6 Å². The number of amides is 1. The van der Waals surface area contributed by atoms with Crippen LogP contribution in [0.15, 0.2) is 42.4 Å². The molecule has 1 atom stereocenters. The number of carbonyl (C=O) groups excluding carboxylic acids is 2. The van der Waals surface area contributed by atoms with E-state index in [1.165, 1.54) is 37.1 Å². The van der Waals surface area contributed by atoms with E-state index in [9.17, 15) is 9.59 Å². The molecule has 8 heteroatoms. The van der Waals surface area contributed by atoms with Crippen molar-refractivity contribution in [2.75, 3.05) is 19.5 Å². The molecule has 0 fully saturated rings. The van der Waals surface area contributed by atoms with Crippen molar-refractivity contribution in [1.82, 2.24) is 0 Å². The lowest BCUT2D eigenvalue weighted by Gasteiger charge is -2.19. The number of carbonyl (C=O) groups is 2. The average molecular weight is 454 g/mol. The van der Waals surface area contributed by atoms with E-state index in [-0.39, 0.29) is 5.95 Å². The van der Waals surface area contributed by atoms with Crippen molar-refractivity contribution in [3.05, 3.63) is 53.5 Å². The fraction of sp³-hybridized carbons (Fsp3) is 0.333. The average Bonchev–Trinajstić information content (AvgIpc) is 3.27. The van der Waals surface area contributed by atoms with Gasteiger partial charge in [-0.15, -0.1) is 0 Å². The Morgan fingerprint density at radius 3 is 2.47 bits per heavy atom. The Kier molecular flexibility index (Phi) is 5.73. The lowest BCUT2D eigenvalue weighted by Crippen LogP contribution is -2.37. The van der Waals surface area contributed by atoms with Gasteiger partial charge in [-0.05, 0) is 48.7 Å². The molecule has 2 heterocycles. The Morgan fingerprint density at radius 1 is 1.12 bits per heavy atom. The molecule has 0 saturated carbocycles. The highest BCUT2D eigenvalue weighted by atomic mass is 28.3.